The van der Waals surface area contributed by atoms with Gasteiger partial charge in [-0.25, -0.2) is 8.78 Å². The third-order valence-corrected chi connectivity index (χ3v) is 4.96. The standard InChI is InChI=1S/C22H26ClF3O/c1-3-5-7-8-14-27-18-13-12-17(21(25)22(18)26)16-11-10-15(9-6-4-2)19(23)20(16)24/h10-13H,3-9,14H2,1-2H3. The molecular formula is C22H26ClF3O. The molecule has 27 heavy (non-hydrogen) atoms. The van der Waals surface area contributed by atoms with E-state index in [1.165, 1.54) is 18.2 Å². The van der Waals surface area contributed by atoms with E-state index in [2.05, 4.69) is 6.92 Å². The Hall–Kier alpha value is -1.68. The molecule has 0 spiro atoms. The summed E-state index contributed by atoms with van der Waals surface area (Å²) < 4.78 is 48.9. The molecule has 0 saturated heterocycles. The Morgan fingerprint density at radius 3 is 2.15 bits per heavy atom. The van der Waals surface area contributed by atoms with E-state index in [1.54, 1.807) is 6.07 Å². The molecule has 1 nitrogen and oxygen atoms in total. The maximum Gasteiger partial charge on any atom is 0.201 e. The summed E-state index contributed by atoms with van der Waals surface area (Å²) in [5.41, 5.74) is 0.464. The summed E-state index contributed by atoms with van der Waals surface area (Å²) in [6.07, 6.45) is 6.41. The van der Waals surface area contributed by atoms with Crippen molar-refractivity contribution in [1.82, 2.24) is 0 Å². The average Bonchev–Trinajstić information content (AvgIpc) is 2.67. The number of benzene rings is 2. The summed E-state index contributed by atoms with van der Waals surface area (Å²) in [5.74, 6) is -3.11. The van der Waals surface area contributed by atoms with Crippen LogP contribution in [0.1, 0.15) is 57.9 Å². The number of hydrogen-bond donors (Lipinski definition) is 0. The third-order valence-electron chi connectivity index (χ3n) is 4.55. The fourth-order valence-corrected chi connectivity index (χ4v) is 3.18. The van der Waals surface area contributed by atoms with Crippen molar-refractivity contribution >= 4 is 11.6 Å². The maximum atomic E-state index is 14.7. The predicted octanol–water partition coefficient (Wildman–Crippen LogP) is 7.73. The lowest BCUT2D eigenvalue weighted by Crippen LogP contribution is -2.02. The van der Waals surface area contributed by atoms with E-state index >= 15 is 0 Å². The Morgan fingerprint density at radius 1 is 0.778 bits per heavy atom. The van der Waals surface area contributed by atoms with Crippen LogP contribution >= 0.6 is 11.6 Å². The van der Waals surface area contributed by atoms with E-state index in [-0.39, 0.29) is 21.9 Å². The van der Waals surface area contributed by atoms with Gasteiger partial charge in [-0.15, -0.1) is 0 Å². The van der Waals surface area contributed by atoms with Gasteiger partial charge in [0, 0.05) is 11.1 Å². The Balaban J connectivity index is 2.22. The summed E-state index contributed by atoms with van der Waals surface area (Å²) in [7, 11) is 0. The molecule has 0 aliphatic heterocycles. The van der Waals surface area contributed by atoms with Crippen molar-refractivity contribution in [3.05, 3.63) is 52.3 Å². The van der Waals surface area contributed by atoms with Gasteiger partial charge in [-0.1, -0.05) is 63.3 Å². The van der Waals surface area contributed by atoms with Gasteiger partial charge in [0.15, 0.2) is 11.6 Å². The summed E-state index contributed by atoms with van der Waals surface area (Å²) in [4.78, 5) is 0. The molecule has 0 N–H and O–H groups in total. The smallest absolute Gasteiger partial charge is 0.201 e. The zero-order valence-corrected chi connectivity index (χ0v) is 16.6. The molecule has 2 aromatic rings. The number of halogens is 4. The highest BCUT2D eigenvalue weighted by Crippen LogP contribution is 2.35. The van der Waals surface area contributed by atoms with Gasteiger partial charge in [0.25, 0.3) is 0 Å². The second kappa shape index (κ2) is 10.6. The van der Waals surface area contributed by atoms with Gasteiger partial charge >= 0.3 is 0 Å². The van der Waals surface area contributed by atoms with E-state index in [0.717, 1.165) is 38.5 Å². The number of ether oxygens (including phenoxy) is 1. The molecule has 0 aromatic heterocycles. The minimum absolute atomic E-state index is 0.0305. The fourth-order valence-electron chi connectivity index (χ4n) is 2.92. The first-order valence-electron chi connectivity index (χ1n) is 9.59. The lowest BCUT2D eigenvalue weighted by atomic mass is 10.00. The molecular weight excluding hydrogens is 373 g/mol. The van der Waals surface area contributed by atoms with Crippen LogP contribution in [-0.4, -0.2) is 6.61 Å². The van der Waals surface area contributed by atoms with Gasteiger partial charge in [-0.2, -0.15) is 4.39 Å². The van der Waals surface area contributed by atoms with Gasteiger partial charge in [0.1, 0.15) is 5.82 Å². The molecule has 0 aliphatic rings. The van der Waals surface area contributed by atoms with Gasteiger partial charge in [-0.05, 0) is 37.0 Å². The van der Waals surface area contributed by atoms with E-state index in [0.29, 0.717) is 18.6 Å². The topological polar surface area (TPSA) is 9.23 Å². The average molecular weight is 399 g/mol. The van der Waals surface area contributed by atoms with E-state index in [1.807, 2.05) is 6.92 Å². The molecule has 0 atom stereocenters. The van der Waals surface area contributed by atoms with Crippen LogP contribution in [0, 0.1) is 17.5 Å². The molecule has 148 valence electrons. The van der Waals surface area contributed by atoms with Crippen LogP contribution in [0.2, 0.25) is 5.02 Å². The lowest BCUT2D eigenvalue weighted by molar-refractivity contribution is 0.285. The van der Waals surface area contributed by atoms with Crippen molar-refractivity contribution in [1.29, 1.82) is 0 Å². The molecule has 0 radical (unpaired) electrons. The van der Waals surface area contributed by atoms with E-state index in [4.69, 9.17) is 16.3 Å². The second-order valence-corrected chi connectivity index (χ2v) is 7.03. The summed E-state index contributed by atoms with van der Waals surface area (Å²) in [5, 5.41) is -0.0305. The van der Waals surface area contributed by atoms with Crippen LogP contribution in [0.15, 0.2) is 24.3 Å². The van der Waals surface area contributed by atoms with Gasteiger partial charge in [0.05, 0.1) is 11.6 Å². The van der Waals surface area contributed by atoms with Crippen molar-refractivity contribution in [3.8, 4) is 16.9 Å². The summed E-state index contributed by atoms with van der Waals surface area (Å²) in [6, 6.07) is 5.80. The highest BCUT2D eigenvalue weighted by atomic mass is 35.5. The number of hydrogen-bond acceptors (Lipinski definition) is 1. The van der Waals surface area contributed by atoms with Crippen LogP contribution in [-0.2, 0) is 6.42 Å². The summed E-state index contributed by atoms with van der Waals surface area (Å²) >= 11 is 6.10. The molecule has 0 unspecified atom stereocenters. The van der Waals surface area contributed by atoms with Crippen molar-refractivity contribution < 1.29 is 17.9 Å². The van der Waals surface area contributed by atoms with Crippen LogP contribution < -0.4 is 4.74 Å². The first kappa shape index (κ1) is 21.6. The van der Waals surface area contributed by atoms with Gasteiger partial charge < -0.3 is 4.74 Å². The number of aryl methyl sites for hydroxylation is 1. The predicted molar refractivity (Wildman–Crippen MR) is 105 cm³/mol. The number of rotatable bonds is 10. The Bertz CT molecular complexity index is 762. The van der Waals surface area contributed by atoms with Crippen LogP contribution in [0.4, 0.5) is 13.2 Å². The SMILES string of the molecule is CCCCCCOc1ccc(-c2ccc(CCCC)c(Cl)c2F)c(F)c1F. The normalized spacial score (nSPS) is 11.0. The van der Waals surface area contributed by atoms with Crippen molar-refractivity contribution in [2.75, 3.05) is 6.61 Å². The molecule has 2 rings (SSSR count). The van der Waals surface area contributed by atoms with Gasteiger partial charge in [0.2, 0.25) is 5.82 Å². The van der Waals surface area contributed by atoms with Crippen LogP contribution in [0.25, 0.3) is 11.1 Å². The molecule has 0 fully saturated rings. The molecule has 0 amide bonds. The highest BCUT2D eigenvalue weighted by molar-refractivity contribution is 6.31. The van der Waals surface area contributed by atoms with E-state index < -0.39 is 17.5 Å². The van der Waals surface area contributed by atoms with Crippen molar-refractivity contribution in [2.24, 2.45) is 0 Å². The first-order chi connectivity index (χ1) is 13.0. The van der Waals surface area contributed by atoms with Crippen LogP contribution in [0.5, 0.6) is 5.75 Å². The lowest BCUT2D eigenvalue weighted by Gasteiger charge is -2.13. The third kappa shape index (κ3) is 5.41. The molecule has 0 bridgehead atoms. The van der Waals surface area contributed by atoms with Crippen LogP contribution in [0.3, 0.4) is 0 Å². The zero-order valence-electron chi connectivity index (χ0n) is 15.9. The van der Waals surface area contributed by atoms with E-state index in [9.17, 15) is 13.2 Å². The number of unbranched alkanes of at least 4 members (excludes halogenated alkanes) is 4. The largest absolute Gasteiger partial charge is 0.490 e. The first-order valence-corrected chi connectivity index (χ1v) is 9.97. The fraction of sp³-hybridized carbons (Fsp3) is 0.455. The molecule has 0 heterocycles. The van der Waals surface area contributed by atoms with Gasteiger partial charge in [-0.3, -0.25) is 0 Å². The second-order valence-electron chi connectivity index (χ2n) is 6.65. The Morgan fingerprint density at radius 2 is 1.44 bits per heavy atom. The molecule has 5 heteroatoms. The minimum Gasteiger partial charge on any atom is -0.490 e. The highest BCUT2D eigenvalue weighted by Gasteiger charge is 2.20. The minimum atomic E-state index is -1.13. The van der Waals surface area contributed by atoms with Crippen molar-refractivity contribution in [2.45, 2.75) is 58.8 Å². The molecule has 0 aliphatic carbocycles. The quantitative estimate of drug-likeness (QED) is 0.372. The summed E-state index contributed by atoms with van der Waals surface area (Å²) in [6.45, 7) is 4.45. The van der Waals surface area contributed by atoms with Crippen molar-refractivity contribution in [3.63, 3.8) is 0 Å². The Kier molecular flexibility index (Phi) is 8.49. The molecule has 2 aromatic carbocycles. The maximum absolute atomic E-state index is 14.7. The monoisotopic (exact) mass is 398 g/mol. The Labute approximate surface area is 164 Å². The zero-order chi connectivity index (χ0) is 19.8. The molecule has 0 saturated carbocycles.